The van der Waals surface area contributed by atoms with Crippen molar-refractivity contribution in [1.82, 2.24) is 15.2 Å². The molecule has 0 amide bonds. The Morgan fingerprint density at radius 3 is 2.71 bits per heavy atom. The highest BCUT2D eigenvalue weighted by Gasteiger charge is 2.17. The molecule has 1 atom stereocenters. The Labute approximate surface area is 198 Å². The van der Waals surface area contributed by atoms with Gasteiger partial charge in [-0.05, 0) is 42.0 Å². The number of pyridine rings is 1. The quantitative estimate of drug-likeness (QED) is 0.281. The van der Waals surface area contributed by atoms with E-state index < -0.39 is 11.0 Å². The van der Waals surface area contributed by atoms with Crippen LogP contribution in [-0.2, 0) is 17.6 Å². The molecule has 0 aliphatic heterocycles. The molecule has 34 heavy (non-hydrogen) atoms. The summed E-state index contributed by atoms with van der Waals surface area (Å²) in [5.74, 6) is 0.874. The molecule has 0 bridgehead atoms. The molecule has 1 unspecified atom stereocenters. The number of halogens is 1. The fraction of sp³-hybridized carbons (Fsp3) is 0.125. The van der Waals surface area contributed by atoms with Gasteiger partial charge >= 0.3 is 0 Å². The summed E-state index contributed by atoms with van der Waals surface area (Å²) in [4.78, 5) is 16.0. The van der Waals surface area contributed by atoms with Gasteiger partial charge in [-0.2, -0.15) is 5.10 Å². The Hall–Kier alpha value is -4.05. The van der Waals surface area contributed by atoms with Crippen molar-refractivity contribution < 1.29 is 18.1 Å². The number of nitrogens with zero attached hydrogens (tertiary/aromatic N) is 2. The zero-order valence-electron chi connectivity index (χ0n) is 18.2. The highest BCUT2D eigenvalue weighted by molar-refractivity contribution is 7.86. The zero-order valence-corrected chi connectivity index (χ0v) is 19.1. The van der Waals surface area contributed by atoms with Crippen molar-refractivity contribution >= 4 is 34.5 Å². The van der Waals surface area contributed by atoms with Gasteiger partial charge in [0.15, 0.2) is 12.1 Å². The molecule has 0 aliphatic rings. The van der Waals surface area contributed by atoms with Gasteiger partial charge in [-0.3, -0.25) is 14.9 Å². The molecule has 10 heteroatoms. The molecular formula is C24H22FN5O3S. The van der Waals surface area contributed by atoms with Gasteiger partial charge in [0, 0.05) is 17.5 Å². The van der Waals surface area contributed by atoms with E-state index in [1.165, 1.54) is 12.1 Å². The Bertz CT molecular complexity index is 1300. The zero-order chi connectivity index (χ0) is 23.9. The molecule has 2 aromatic heterocycles. The lowest BCUT2D eigenvalue weighted by atomic mass is 10.1. The number of rotatable bonds is 10. The van der Waals surface area contributed by atoms with Crippen LogP contribution in [0.15, 0.2) is 67.0 Å². The van der Waals surface area contributed by atoms with Crippen LogP contribution >= 0.6 is 0 Å². The molecule has 0 saturated heterocycles. The van der Waals surface area contributed by atoms with E-state index in [0.29, 0.717) is 45.5 Å². The topological polar surface area (TPSA) is 109 Å². The molecule has 3 N–H and O–H groups in total. The number of ether oxygens (including phenoxy) is 1. The molecule has 4 aromatic rings. The van der Waals surface area contributed by atoms with Gasteiger partial charge < -0.3 is 14.8 Å². The third kappa shape index (κ3) is 5.46. The number of carbonyl (C=O) groups is 1. The van der Waals surface area contributed by atoms with Crippen LogP contribution in [0.4, 0.5) is 21.6 Å². The van der Waals surface area contributed by atoms with E-state index in [4.69, 9.17) is 4.74 Å². The molecule has 2 heterocycles. The number of aromatic nitrogens is 3. The van der Waals surface area contributed by atoms with Gasteiger partial charge in [-0.1, -0.05) is 25.1 Å². The third-order valence-corrected chi connectivity index (χ3v) is 5.88. The summed E-state index contributed by atoms with van der Waals surface area (Å²) >= 11 is 0. The highest BCUT2D eigenvalue weighted by atomic mass is 32.2. The second-order valence-corrected chi connectivity index (χ2v) is 8.68. The van der Waals surface area contributed by atoms with E-state index in [1.54, 1.807) is 55.7 Å². The number of H-pyrrole nitrogens is 1. The number of anilines is 3. The van der Waals surface area contributed by atoms with Crippen molar-refractivity contribution in [3.05, 3.63) is 83.9 Å². The second kappa shape index (κ2) is 10.7. The second-order valence-electron chi connectivity index (χ2n) is 7.21. The van der Waals surface area contributed by atoms with Crippen LogP contribution in [0, 0.1) is 5.82 Å². The van der Waals surface area contributed by atoms with Crippen LogP contribution < -0.4 is 14.8 Å². The standard InChI is InChI=1S/C24H22FN5O3S/c1-2-34(32)30-21-10-7-17(12-22(21)33-15-16-5-8-18(25)9-6-16)23-20(14-31)24(29-28-23)27-19-4-3-11-26-13-19/h3-14,30H,2,15H2,1H3,(H2,27,28,29). The summed E-state index contributed by atoms with van der Waals surface area (Å²) in [6.07, 6.45) is 3.99. The van der Waals surface area contributed by atoms with Crippen molar-refractivity contribution in [2.24, 2.45) is 0 Å². The Morgan fingerprint density at radius 2 is 2.00 bits per heavy atom. The number of benzene rings is 2. The van der Waals surface area contributed by atoms with E-state index in [2.05, 4.69) is 25.2 Å². The molecule has 2 aromatic carbocycles. The number of carbonyl (C=O) groups excluding carboxylic acids is 1. The van der Waals surface area contributed by atoms with Gasteiger partial charge in [0.2, 0.25) is 0 Å². The van der Waals surface area contributed by atoms with E-state index in [-0.39, 0.29) is 12.4 Å². The van der Waals surface area contributed by atoms with E-state index in [9.17, 15) is 13.4 Å². The predicted molar refractivity (Wildman–Crippen MR) is 130 cm³/mol. The molecule has 0 radical (unpaired) electrons. The minimum atomic E-state index is -1.29. The largest absolute Gasteiger partial charge is 0.487 e. The summed E-state index contributed by atoms with van der Waals surface area (Å²) in [5, 5.41) is 10.2. The summed E-state index contributed by atoms with van der Waals surface area (Å²) in [7, 11) is -1.29. The lowest BCUT2D eigenvalue weighted by molar-refractivity contribution is 0.112. The van der Waals surface area contributed by atoms with Crippen molar-refractivity contribution in [3.63, 3.8) is 0 Å². The first-order valence-electron chi connectivity index (χ1n) is 10.4. The van der Waals surface area contributed by atoms with Crippen LogP contribution in [0.1, 0.15) is 22.8 Å². The number of nitrogens with one attached hydrogen (secondary N) is 3. The summed E-state index contributed by atoms with van der Waals surface area (Å²) in [6, 6.07) is 14.8. The number of aldehydes is 1. The Kier molecular flexibility index (Phi) is 7.28. The fourth-order valence-electron chi connectivity index (χ4n) is 3.17. The average molecular weight is 480 g/mol. The van der Waals surface area contributed by atoms with Crippen molar-refractivity contribution in [2.75, 3.05) is 15.8 Å². The predicted octanol–water partition coefficient (Wildman–Crippen LogP) is 4.84. The van der Waals surface area contributed by atoms with Crippen LogP contribution in [0.25, 0.3) is 11.3 Å². The maximum atomic E-state index is 13.2. The molecular weight excluding hydrogens is 457 g/mol. The molecule has 0 fully saturated rings. The van der Waals surface area contributed by atoms with Crippen molar-refractivity contribution in [2.45, 2.75) is 13.5 Å². The average Bonchev–Trinajstić information content (AvgIpc) is 3.27. The molecule has 0 spiro atoms. The van der Waals surface area contributed by atoms with Crippen molar-refractivity contribution in [3.8, 4) is 17.0 Å². The summed E-state index contributed by atoms with van der Waals surface area (Å²) < 4.78 is 34.2. The van der Waals surface area contributed by atoms with Gasteiger partial charge in [-0.25, -0.2) is 8.60 Å². The molecule has 0 aliphatic carbocycles. The van der Waals surface area contributed by atoms with Gasteiger partial charge in [0.1, 0.15) is 29.2 Å². The SMILES string of the molecule is CCS(=O)Nc1ccc(-c2[nH]nc(Nc3cccnc3)c2C=O)cc1OCc1ccc(F)cc1. The smallest absolute Gasteiger partial charge is 0.163 e. The van der Waals surface area contributed by atoms with Gasteiger partial charge in [-0.15, -0.1) is 0 Å². The minimum absolute atomic E-state index is 0.175. The first-order valence-corrected chi connectivity index (χ1v) is 11.8. The lowest BCUT2D eigenvalue weighted by Gasteiger charge is -2.14. The summed E-state index contributed by atoms with van der Waals surface area (Å²) in [6.45, 7) is 1.97. The van der Waals surface area contributed by atoms with E-state index >= 15 is 0 Å². The van der Waals surface area contributed by atoms with Crippen LogP contribution in [0.3, 0.4) is 0 Å². The summed E-state index contributed by atoms with van der Waals surface area (Å²) in [5.41, 5.74) is 3.48. The van der Waals surface area contributed by atoms with Crippen LogP contribution in [0.2, 0.25) is 0 Å². The lowest BCUT2D eigenvalue weighted by Crippen LogP contribution is -2.08. The van der Waals surface area contributed by atoms with E-state index in [0.717, 1.165) is 11.8 Å². The maximum absolute atomic E-state index is 13.2. The fourth-order valence-corrected chi connectivity index (χ4v) is 3.73. The number of hydrogen-bond donors (Lipinski definition) is 3. The van der Waals surface area contributed by atoms with Crippen molar-refractivity contribution in [1.29, 1.82) is 0 Å². The first kappa shape index (κ1) is 23.1. The third-order valence-electron chi connectivity index (χ3n) is 4.91. The maximum Gasteiger partial charge on any atom is 0.163 e. The molecule has 4 rings (SSSR count). The molecule has 174 valence electrons. The highest BCUT2D eigenvalue weighted by Crippen LogP contribution is 2.34. The first-order chi connectivity index (χ1) is 16.6. The van der Waals surface area contributed by atoms with Gasteiger partial charge in [0.25, 0.3) is 0 Å². The van der Waals surface area contributed by atoms with Crippen LogP contribution in [0.5, 0.6) is 5.75 Å². The Balaban J connectivity index is 1.65. The van der Waals surface area contributed by atoms with E-state index in [1.807, 2.05) is 6.07 Å². The van der Waals surface area contributed by atoms with Crippen LogP contribution in [-0.4, -0.2) is 31.4 Å². The monoisotopic (exact) mass is 479 g/mol. The Morgan fingerprint density at radius 1 is 1.18 bits per heavy atom. The molecule has 8 nitrogen and oxygen atoms in total. The number of hydrogen-bond acceptors (Lipinski definition) is 6. The normalized spacial score (nSPS) is 11.6. The minimum Gasteiger partial charge on any atom is -0.487 e. The molecule has 0 saturated carbocycles. The van der Waals surface area contributed by atoms with Gasteiger partial charge in [0.05, 0.1) is 28.8 Å². The number of aromatic amines is 1.